The van der Waals surface area contributed by atoms with E-state index in [-0.39, 0.29) is 18.3 Å². The maximum absolute atomic E-state index is 12.4. The van der Waals surface area contributed by atoms with Crippen LogP contribution in [-0.2, 0) is 14.3 Å². The van der Waals surface area contributed by atoms with Crippen LogP contribution >= 0.6 is 0 Å². The zero-order valence-electron chi connectivity index (χ0n) is 13.8. The van der Waals surface area contributed by atoms with Gasteiger partial charge in [0.15, 0.2) is 0 Å². The molecule has 4 nitrogen and oxygen atoms in total. The summed E-state index contributed by atoms with van der Waals surface area (Å²) in [6.07, 6.45) is 4.78. The Hall–Kier alpha value is -1.06. The molecule has 118 valence electrons. The van der Waals surface area contributed by atoms with Crippen LogP contribution in [0.25, 0.3) is 0 Å². The van der Waals surface area contributed by atoms with E-state index in [0.717, 1.165) is 19.4 Å². The van der Waals surface area contributed by atoms with E-state index in [2.05, 4.69) is 6.92 Å². The van der Waals surface area contributed by atoms with Gasteiger partial charge < -0.3 is 9.64 Å². The lowest BCUT2D eigenvalue weighted by molar-refractivity contribution is -0.145. The molecule has 4 heteroatoms. The van der Waals surface area contributed by atoms with Gasteiger partial charge in [0.05, 0.1) is 13.0 Å². The van der Waals surface area contributed by atoms with Crippen LogP contribution in [0.15, 0.2) is 0 Å². The third-order valence-corrected chi connectivity index (χ3v) is 3.10. The molecule has 0 aliphatic carbocycles. The van der Waals surface area contributed by atoms with Crippen LogP contribution in [0.1, 0.15) is 66.7 Å². The smallest absolute Gasteiger partial charge is 0.307 e. The second kappa shape index (κ2) is 9.78. The largest absolute Gasteiger partial charge is 0.466 e. The molecule has 1 amide bonds. The highest BCUT2D eigenvalue weighted by molar-refractivity contribution is 5.82. The number of hydrogen-bond donors (Lipinski definition) is 0. The first-order chi connectivity index (χ1) is 9.32. The Labute approximate surface area is 123 Å². The van der Waals surface area contributed by atoms with Gasteiger partial charge in [-0.3, -0.25) is 9.59 Å². The van der Waals surface area contributed by atoms with E-state index in [4.69, 9.17) is 4.74 Å². The fraction of sp³-hybridized carbons (Fsp3) is 0.875. The quantitative estimate of drug-likeness (QED) is 0.482. The highest BCUT2D eigenvalue weighted by atomic mass is 16.5. The number of unbranched alkanes of at least 4 members (excludes halogenated alkanes) is 3. The third-order valence-electron chi connectivity index (χ3n) is 3.10. The van der Waals surface area contributed by atoms with Crippen molar-refractivity contribution in [2.45, 2.75) is 66.7 Å². The summed E-state index contributed by atoms with van der Waals surface area (Å²) in [5.41, 5.74) is -0.403. The molecule has 0 aliphatic heterocycles. The van der Waals surface area contributed by atoms with Crippen molar-refractivity contribution in [2.24, 2.45) is 5.41 Å². The van der Waals surface area contributed by atoms with Crippen LogP contribution in [0.3, 0.4) is 0 Å². The Kier molecular flexibility index (Phi) is 9.26. The van der Waals surface area contributed by atoms with E-state index < -0.39 is 5.41 Å². The zero-order chi connectivity index (χ0) is 15.6. The second-order valence-corrected chi connectivity index (χ2v) is 6.16. The average molecular weight is 285 g/mol. The number of carbonyl (C=O) groups is 2. The number of hydrogen-bond acceptors (Lipinski definition) is 3. The number of esters is 1. The molecular weight excluding hydrogens is 254 g/mol. The van der Waals surface area contributed by atoms with E-state index in [9.17, 15) is 9.59 Å². The minimum atomic E-state index is -0.403. The molecular formula is C16H31NO3. The van der Waals surface area contributed by atoms with E-state index in [0.29, 0.717) is 13.2 Å². The lowest BCUT2D eigenvalue weighted by Gasteiger charge is -2.29. The van der Waals surface area contributed by atoms with Crippen LogP contribution in [0.5, 0.6) is 0 Å². The normalized spacial score (nSPS) is 11.2. The number of carbonyl (C=O) groups excluding carboxylic acids is 2. The summed E-state index contributed by atoms with van der Waals surface area (Å²) in [5.74, 6) is -0.119. The standard InChI is InChI=1S/C16H31NO3/c1-6-8-9-10-12-17(15(19)16(3,4)5)13-11-14(18)20-7-2/h6-13H2,1-5H3. The third kappa shape index (κ3) is 8.18. The Bertz CT molecular complexity index is 295. The first-order valence-electron chi connectivity index (χ1n) is 7.77. The van der Waals surface area contributed by atoms with Crippen LogP contribution in [0.2, 0.25) is 0 Å². The van der Waals surface area contributed by atoms with Gasteiger partial charge in [0.2, 0.25) is 5.91 Å². The van der Waals surface area contributed by atoms with E-state index >= 15 is 0 Å². The number of ether oxygens (including phenoxy) is 1. The topological polar surface area (TPSA) is 46.6 Å². The molecule has 0 aromatic carbocycles. The summed E-state index contributed by atoms with van der Waals surface area (Å²) in [6, 6.07) is 0. The number of nitrogens with zero attached hydrogens (tertiary/aromatic N) is 1. The molecule has 0 saturated carbocycles. The molecule has 0 radical (unpaired) electrons. The van der Waals surface area contributed by atoms with Crippen molar-refractivity contribution in [3.63, 3.8) is 0 Å². The molecule has 0 spiro atoms. The Morgan fingerprint density at radius 3 is 2.15 bits per heavy atom. The summed E-state index contributed by atoms with van der Waals surface area (Å²) < 4.78 is 4.92. The maximum Gasteiger partial charge on any atom is 0.307 e. The van der Waals surface area contributed by atoms with Crippen molar-refractivity contribution in [3.8, 4) is 0 Å². The first-order valence-corrected chi connectivity index (χ1v) is 7.77. The van der Waals surface area contributed by atoms with E-state index in [1.807, 2.05) is 25.7 Å². The maximum atomic E-state index is 12.4. The Balaban J connectivity index is 4.39. The van der Waals surface area contributed by atoms with Crippen molar-refractivity contribution < 1.29 is 14.3 Å². The van der Waals surface area contributed by atoms with Crippen molar-refractivity contribution >= 4 is 11.9 Å². The highest BCUT2D eigenvalue weighted by Crippen LogP contribution is 2.18. The van der Waals surface area contributed by atoms with Crippen molar-refractivity contribution in [3.05, 3.63) is 0 Å². The molecule has 0 aromatic heterocycles. The fourth-order valence-electron chi connectivity index (χ4n) is 1.98. The van der Waals surface area contributed by atoms with Gasteiger partial charge in [-0.1, -0.05) is 47.0 Å². The summed E-state index contributed by atoms with van der Waals surface area (Å²) in [6.45, 7) is 11.3. The Morgan fingerprint density at radius 2 is 1.65 bits per heavy atom. The molecule has 0 aliphatic rings. The summed E-state index contributed by atoms with van der Waals surface area (Å²) >= 11 is 0. The van der Waals surface area contributed by atoms with Crippen molar-refractivity contribution in [1.29, 1.82) is 0 Å². The van der Waals surface area contributed by atoms with Gasteiger partial charge in [-0.15, -0.1) is 0 Å². The van der Waals surface area contributed by atoms with Crippen molar-refractivity contribution in [2.75, 3.05) is 19.7 Å². The molecule has 0 saturated heterocycles. The van der Waals surface area contributed by atoms with Gasteiger partial charge >= 0.3 is 5.97 Å². The van der Waals surface area contributed by atoms with Crippen molar-refractivity contribution in [1.82, 2.24) is 4.90 Å². The molecule has 0 heterocycles. The fourth-order valence-corrected chi connectivity index (χ4v) is 1.98. The van der Waals surface area contributed by atoms with Gasteiger partial charge in [-0.25, -0.2) is 0 Å². The molecule has 0 bridgehead atoms. The minimum absolute atomic E-state index is 0.110. The SMILES string of the molecule is CCCCCCN(CCC(=O)OCC)C(=O)C(C)(C)C. The minimum Gasteiger partial charge on any atom is -0.466 e. The van der Waals surface area contributed by atoms with Crippen LogP contribution in [0.4, 0.5) is 0 Å². The van der Waals surface area contributed by atoms with E-state index in [1.54, 1.807) is 6.92 Å². The number of amides is 1. The van der Waals surface area contributed by atoms with Crippen LogP contribution in [-0.4, -0.2) is 36.5 Å². The predicted molar refractivity (Wildman–Crippen MR) is 81.4 cm³/mol. The first kappa shape index (κ1) is 18.9. The summed E-state index contributed by atoms with van der Waals surface area (Å²) in [7, 11) is 0. The summed E-state index contributed by atoms with van der Waals surface area (Å²) in [5, 5.41) is 0. The van der Waals surface area contributed by atoms with E-state index in [1.165, 1.54) is 12.8 Å². The molecule has 0 unspecified atom stereocenters. The average Bonchev–Trinajstić information content (AvgIpc) is 2.36. The molecule has 0 rings (SSSR count). The van der Waals surface area contributed by atoms with Crippen LogP contribution < -0.4 is 0 Å². The summed E-state index contributed by atoms with van der Waals surface area (Å²) in [4.78, 5) is 25.6. The van der Waals surface area contributed by atoms with Gasteiger partial charge in [0, 0.05) is 18.5 Å². The van der Waals surface area contributed by atoms with Gasteiger partial charge in [0.25, 0.3) is 0 Å². The monoisotopic (exact) mass is 285 g/mol. The molecule has 0 N–H and O–H groups in total. The molecule has 0 fully saturated rings. The van der Waals surface area contributed by atoms with Gasteiger partial charge in [0.1, 0.15) is 0 Å². The molecule has 0 atom stereocenters. The molecule has 0 aromatic rings. The van der Waals surface area contributed by atoms with Crippen LogP contribution in [0, 0.1) is 5.41 Å². The lowest BCUT2D eigenvalue weighted by Crippen LogP contribution is -2.41. The van der Waals surface area contributed by atoms with Gasteiger partial charge in [-0.2, -0.15) is 0 Å². The predicted octanol–water partition coefficient (Wildman–Crippen LogP) is 3.39. The highest BCUT2D eigenvalue weighted by Gasteiger charge is 2.27. The zero-order valence-corrected chi connectivity index (χ0v) is 13.8. The molecule has 20 heavy (non-hydrogen) atoms. The second-order valence-electron chi connectivity index (χ2n) is 6.16. The lowest BCUT2D eigenvalue weighted by atomic mass is 9.94. The van der Waals surface area contributed by atoms with Gasteiger partial charge in [-0.05, 0) is 13.3 Å². The Morgan fingerprint density at radius 1 is 1.00 bits per heavy atom. The number of rotatable bonds is 9.